The Bertz CT molecular complexity index is 979. The van der Waals surface area contributed by atoms with Crippen molar-refractivity contribution in [3.8, 4) is 0 Å². The van der Waals surface area contributed by atoms with Gasteiger partial charge >= 0.3 is 0 Å². The lowest BCUT2D eigenvalue weighted by molar-refractivity contribution is -0.131. The maximum atomic E-state index is 13.0. The summed E-state index contributed by atoms with van der Waals surface area (Å²) in [4.78, 5) is 15.8. The van der Waals surface area contributed by atoms with Crippen molar-refractivity contribution < 1.29 is 13.2 Å². The second kappa shape index (κ2) is 8.88. The van der Waals surface area contributed by atoms with Gasteiger partial charge in [-0.05, 0) is 55.5 Å². The van der Waals surface area contributed by atoms with Crippen molar-refractivity contribution in [2.24, 2.45) is 0 Å². The zero-order valence-corrected chi connectivity index (χ0v) is 19.4. The molecule has 2 aliphatic rings. The van der Waals surface area contributed by atoms with E-state index in [0.717, 1.165) is 47.0 Å². The van der Waals surface area contributed by atoms with E-state index in [2.05, 4.69) is 15.9 Å². The van der Waals surface area contributed by atoms with Gasteiger partial charge in [-0.1, -0.05) is 34.5 Å². The first-order valence-corrected chi connectivity index (χ1v) is 13.1. The molecule has 1 saturated carbocycles. The fourth-order valence-electron chi connectivity index (χ4n) is 3.71. The molecule has 0 spiro atoms. The van der Waals surface area contributed by atoms with Crippen LogP contribution in [0.5, 0.6) is 0 Å². The summed E-state index contributed by atoms with van der Waals surface area (Å²) >= 11 is 4.72. The van der Waals surface area contributed by atoms with E-state index in [4.69, 9.17) is 0 Å². The summed E-state index contributed by atoms with van der Waals surface area (Å²) in [5, 5.41) is 0. The van der Waals surface area contributed by atoms with Gasteiger partial charge in [-0.2, -0.15) is 4.31 Å². The zero-order valence-electron chi connectivity index (χ0n) is 16.2. The quantitative estimate of drug-likeness (QED) is 0.569. The van der Waals surface area contributed by atoms with Crippen molar-refractivity contribution in [1.29, 1.82) is 0 Å². The molecule has 4 rings (SSSR count). The van der Waals surface area contributed by atoms with E-state index in [9.17, 15) is 13.2 Å². The maximum Gasteiger partial charge on any atom is 0.252 e. The summed E-state index contributed by atoms with van der Waals surface area (Å²) in [5.74, 6) is 0.0660. The van der Waals surface area contributed by atoms with Crippen LogP contribution in [0, 0.1) is 0 Å². The number of thiophene rings is 1. The monoisotopic (exact) mass is 496 g/mol. The second-order valence-electron chi connectivity index (χ2n) is 7.75. The summed E-state index contributed by atoms with van der Waals surface area (Å²) in [5.41, 5.74) is 1.10. The van der Waals surface area contributed by atoms with Crippen LogP contribution < -0.4 is 0 Å². The number of piperidine rings is 1. The predicted molar refractivity (Wildman–Crippen MR) is 118 cm³/mol. The number of rotatable bonds is 7. The van der Waals surface area contributed by atoms with Crippen LogP contribution in [-0.4, -0.2) is 42.7 Å². The van der Waals surface area contributed by atoms with E-state index >= 15 is 0 Å². The topological polar surface area (TPSA) is 57.7 Å². The first-order chi connectivity index (χ1) is 13.9. The van der Waals surface area contributed by atoms with Crippen molar-refractivity contribution >= 4 is 43.2 Å². The Morgan fingerprint density at radius 3 is 2.59 bits per heavy atom. The number of amides is 1. The van der Waals surface area contributed by atoms with Gasteiger partial charge in [0, 0.05) is 35.0 Å². The van der Waals surface area contributed by atoms with E-state index in [0.29, 0.717) is 29.9 Å². The Morgan fingerprint density at radius 1 is 1.14 bits per heavy atom. The first kappa shape index (κ1) is 21.0. The number of carbonyl (C=O) groups excluding carboxylic acids is 1. The molecule has 0 unspecified atom stereocenters. The van der Waals surface area contributed by atoms with Crippen LogP contribution in [0.2, 0.25) is 0 Å². The lowest BCUT2D eigenvalue weighted by Gasteiger charge is -2.25. The summed E-state index contributed by atoms with van der Waals surface area (Å²) in [7, 11) is -3.43. The maximum absolute atomic E-state index is 13.0. The molecule has 1 aliphatic heterocycles. The molecule has 0 radical (unpaired) electrons. The molecule has 156 valence electrons. The largest absolute Gasteiger partial charge is 0.335 e. The fraction of sp³-hybridized carbons (Fsp3) is 0.476. The van der Waals surface area contributed by atoms with Crippen molar-refractivity contribution in [3.63, 3.8) is 0 Å². The highest BCUT2D eigenvalue weighted by Gasteiger charge is 2.33. The van der Waals surface area contributed by atoms with E-state index in [1.807, 2.05) is 29.2 Å². The molecule has 2 fully saturated rings. The van der Waals surface area contributed by atoms with Crippen LogP contribution in [0.15, 0.2) is 45.1 Å². The minimum absolute atomic E-state index is 0.0660. The number of benzene rings is 1. The molecule has 1 aromatic carbocycles. The third kappa shape index (κ3) is 5.10. The third-order valence-electron chi connectivity index (χ3n) is 5.42. The highest BCUT2D eigenvalue weighted by Crippen LogP contribution is 2.31. The highest BCUT2D eigenvalue weighted by atomic mass is 79.9. The standard InChI is InChI=1S/C21H25BrN2O3S2/c22-17-6-4-5-16(13-17)15-24(18-7-8-18)20(25)14-19-9-10-21(28-19)29(26,27)23-11-2-1-3-12-23/h4-6,9-10,13,18H,1-3,7-8,11-12,14-15H2. The van der Waals surface area contributed by atoms with Gasteiger partial charge in [-0.15, -0.1) is 11.3 Å². The molecular formula is C21H25BrN2O3S2. The summed E-state index contributed by atoms with van der Waals surface area (Å²) < 4.78 is 28.6. The van der Waals surface area contributed by atoms with Crippen molar-refractivity contribution in [1.82, 2.24) is 9.21 Å². The number of sulfonamides is 1. The number of hydrogen-bond donors (Lipinski definition) is 0. The lowest BCUT2D eigenvalue weighted by Crippen LogP contribution is -2.35. The van der Waals surface area contributed by atoms with Crippen molar-refractivity contribution in [2.45, 2.75) is 55.3 Å². The Labute approximate surface area is 184 Å². The average molecular weight is 497 g/mol. The Balaban J connectivity index is 1.45. The average Bonchev–Trinajstić information content (AvgIpc) is 3.44. The van der Waals surface area contributed by atoms with Crippen LogP contribution in [0.3, 0.4) is 0 Å². The number of halogens is 1. The van der Waals surface area contributed by atoms with Gasteiger partial charge in [-0.3, -0.25) is 4.79 Å². The molecule has 5 nitrogen and oxygen atoms in total. The van der Waals surface area contributed by atoms with Gasteiger partial charge in [0.2, 0.25) is 5.91 Å². The van der Waals surface area contributed by atoms with Gasteiger partial charge in [0.15, 0.2) is 0 Å². The lowest BCUT2D eigenvalue weighted by atomic mass is 10.2. The molecule has 2 heterocycles. The van der Waals surface area contributed by atoms with E-state index < -0.39 is 10.0 Å². The fourth-order valence-corrected chi connectivity index (χ4v) is 7.18. The van der Waals surface area contributed by atoms with E-state index in [1.54, 1.807) is 16.4 Å². The van der Waals surface area contributed by atoms with Crippen molar-refractivity contribution in [3.05, 3.63) is 51.3 Å². The molecule has 1 amide bonds. The molecule has 8 heteroatoms. The first-order valence-electron chi connectivity index (χ1n) is 10.1. The van der Waals surface area contributed by atoms with Gasteiger partial charge in [0.1, 0.15) is 4.21 Å². The zero-order chi connectivity index (χ0) is 20.4. The SMILES string of the molecule is O=C(Cc1ccc(S(=O)(=O)N2CCCCC2)s1)N(Cc1cccc(Br)c1)C1CC1. The molecule has 1 saturated heterocycles. The van der Waals surface area contributed by atoms with Crippen LogP contribution >= 0.6 is 27.3 Å². The minimum Gasteiger partial charge on any atom is -0.335 e. The van der Waals surface area contributed by atoms with E-state index in [1.165, 1.54) is 11.3 Å². The molecule has 1 aliphatic carbocycles. The highest BCUT2D eigenvalue weighted by molar-refractivity contribution is 9.10. The van der Waals surface area contributed by atoms with Gasteiger partial charge in [-0.25, -0.2) is 8.42 Å². The third-order valence-corrected chi connectivity index (χ3v) is 9.37. The molecule has 0 atom stereocenters. The summed E-state index contributed by atoms with van der Waals surface area (Å²) in [6.07, 6.45) is 5.26. The number of hydrogen-bond acceptors (Lipinski definition) is 4. The van der Waals surface area contributed by atoms with Crippen LogP contribution in [0.1, 0.15) is 42.5 Å². The number of carbonyl (C=O) groups is 1. The van der Waals surface area contributed by atoms with Crippen LogP contribution in [0.25, 0.3) is 0 Å². The van der Waals surface area contributed by atoms with E-state index in [-0.39, 0.29) is 12.3 Å². The van der Waals surface area contributed by atoms with Gasteiger partial charge in [0.25, 0.3) is 10.0 Å². The molecule has 29 heavy (non-hydrogen) atoms. The van der Waals surface area contributed by atoms with Crippen molar-refractivity contribution in [2.75, 3.05) is 13.1 Å². The number of nitrogens with zero attached hydrogens (tertiary/aromatic N) is 2. The Kier molecular flexibility index (Phi) is 6.44. The summed E-state index contributed by atoms with van der Waals surface area (Å²) in [6.45, 7) is 1.78. The Morgan fingerprint density at radius 2 is 1.90 bits per heavy atom. The second-order valence-corrected chi connectivity index (χ2v) is 12.0. The predicted octanol–water partition coefficient (Wildman–Crippen LogP) is 4.42. The van der Waals surface area contributed by atoms with Gasteiger partial charge in [0.05, 0.1) is 6.42 Å². The normalized spacial score (nSPS) is 18.0. The van der Waals surface area contributed by atoms with Crippen LogP contribution in [-0.2, 0) is 27.8 Å². The van der Waals surface area contributed by atoms with Gasteiger partial charge < -0.3 is 4.90 Å². The van der Waals surface area contributed by atoms with Crippen LogP contribution in [0.4, 0.5) is 0 Å². The smallest absolute Gasteiger partial charge is 0.252 e. The molecule has 2 aromatic rings. The molecule has 1 aromatic heterocycles. The summed E-state index contributed by atoms with van der Waals surface area (Å²) in [6, 6.07) is 11.8. The molecule has 0 N–H and O–H groups in total. The Hall–Kier alpha value is -1.22. The molecular weight excluding hydrogens is 472 g/mol. The minimum atomic E-state index is -3.43. The molecule has 0 bridgehead atoms.